The minimum absolute atomic E-state index is 0.114. The van der Waals surface area contributed by atoms with E-state index in [1.807, 2.05) is 0 Å². The number of hydrogen-bond acceptors (Lipinski definition) is 0. The highest BCUT2D eigenvalue weighted by Gasteiger charge is 2.44. The van der Waals surface area contributed by atoms with Gasteiger partial charge in [-0.1, -0.05) is 229 Å². The molecule has 0 heterocycles. The van der Waals surface area contributed by atoms with Gasteiger partial charge in [-0.25, -0.2) is 0 Å². The Balaban J connectivity index is 1.64. The van der Waals surface area contributed by atoms with E-state index in [9.17, 15) is 10.2 Å². The van der Waals surface area contributed by atoms with Crippen molar-refractivity contribution in [3.05, 3.63) is 237 Å². The van der Waals surface area contributed by atoms with Crippen molar-refractivity contribution in [3.8, 4) is 11.5 Å². The molecule has 7 aromatic rings. The minimum Gasteiger partial charge on any atom is -0.289 e. The van der Waals surface area contributed by atoms with Crippen molar-refractivity contribution in [2.45, 2.75) is 116 Å². The van der Waals surface area contributed by atoms with E-state index in [1.165, 1.54) is 0 Å². The fourth-order valence-electron chi connectivity index (χ4n) is 9.64. The normalized spacial score (nSPS) is 13.0. The summed E-state index contributed by atoms with van der Waals surface area (Å²) in [4.78, 5) is 0. The third-order valence-corrected chi connectivity index (χ3v) is 12.9. The van der Waals surface area contributed by atoms with E-state index < -0.39 is 32.5 Å². The van der Waals surface area contributed by atoms with Gasteiger partial charge in [-0.15, -0.1) is 0 Å². The van der Waals surface area contributed by atoms with Crippen molar-refractivity contribution in [3.63, 3.8) is 0 Å². The Morgan fingerprint density at radius 3 is 0.597 bits per heavy atom. The average Bonchev–Trinajstić information content (AvgIpc) is 3.22. The highest BCUT2D eigenvalue weighted by atomic mass is 16.3. The van der Waals surface area contributed by atoms with Gasteiger partial charge in [0.25, 0.3) is 0 Å². The van der Waals surface area contributed by atoms with Gasteiger partial charge in [-0.05, 0) is 90.4 Å². The van der Waals surface area contributed by atoms with Crippen molar-refractivity contribution in [1.29, 1.82) is 0 Å². The Kier molecular flexibility index (Phi) is 11.5. The van der Waals surface area contributed by atoms with Crippen molar-refractivity contribution in [2.24, 2.45) is 0 Å². The van der Waals surface area contributed by atoms with E-state index in [1.54, 1.807) is 0 Å². The molecule has 0 aromatic heterocycles. The molecule has 62 heavy (non-hydrogen) atoms. The second-order valence-electron chi connectivity index (χ2n) is 21.3. The molecule has 0 N–H and O–H groups in total. The summed E-state index contributed by atoms with van der Waals surface area (Å²) in [5.41, 5.74) is 8.87. The van der Waals surface area contributed by atoms with Gasteiger partial charge in [-0.2, -0.15) is 0 Å². The molecule has 0 amide bonds. The van der Waals surface area contributed by atoms with Crippen LogP contribution < -0.4 is 0 Å². The van der Waals surface area contributed by atoms with E-state index in [0.717, 1.165) is 66.8 Å². The van der Waals surface area contributed by atoms with E-state index in [-0.39, 0.29) is 11.5 Å². The molecular weight excluding hydrogens is 753 g/mol. The van der Waals surface area contributed by atoms with Crippen LogP contribution in [0.15, 0.2) is 170 Å². The first-order valence-corrected chi connectivity index (χ1v) is 22.2. The fraction of sp³-hybridized carbons (Fsp3) is 0.300. The third kappa shape index (κ3) is 7.78. The van der Waals surface area contributed by atoms with Crippen LogP contribution in [-0.4, -0.2) is 0 Å². The molecule has 0 bridgehead atoms. The molecule has 0 spiro atoms. The number of benzene rings is 7. The largest absolute Gasteiger partial charge is 0.289 e. The molecule has 0 aliphatic carbocycles. The van der Waals surface area contributed by atoms with Gasteiger partial charge in [0.1, 0.15) is 0 Å². The zero-order valence-electron chi connectivity index (χ0n) is 39.0. The smallest absolute Gasteiger partial charge is 0.186 e. The minimum atomic E-state index is -0.792. The molecule has 0 atom stereocenters. The average molecular weight is 817 g/mol. The summed E-state index contributed by atoms with van der Waals surface area (Å²) < 4.78 is 0. The molecule has 0 aliphatic heterocycles. The first-order valence-electron chi connectivity index (χ1n) is 22.2. The summed E-state index contributed by atoms with van der Waals surface area (Å²) in [5.74, 6) is 0.228. The molecule has 0 unspecified atom stereocenters. The quantitative estimate of drug-likeness (QED) is 0.137. The van der Waals surface area contributed by atoms with Crippen LogP contribution in [0.25, 0.3) is 0 Å². The second-order valence-corrected chi connectivity index (χ2v) is 21.3. The summed E-state index contributed by atoms with van der Waals surface area (Å²) >= 11 is 0. The molecule has 7 aromatic carbocycles. The number of rotatable bonds is 8. The molecule has 0 saturated heterocycles. The van der Waals surface area contributed by atoms with Crippen molar-refractivity contribution < 1.29 is 10.2 Å². The summed E-state index contributed by atoms with van der Waals surface area (Å²) in [6.07, 6.45) is 0. The number of hydrogen-bond donors (Lipinski definition) is 0. The highest BCUT2D eigenvalue weighted by Crippen LogP contribution is 2.53. The predicted octanol–water partition coefficient (Wildman–Crippen LogP) is 15.9. The van der Waals surface area contributed by atoms with Crippen LogP contribution in [-0.2, 0) is 42.7 Å². The maximum atomic E-state index is 14.5. The molecule has 0 saturated carbocycles. The molecule has 0 aliphatic rings. The zero-order chi connectivity index (χ0) is 44.9. The molecule has 7 rings (SSSR count). The van der Waals surface area contributed by atoms with Crippen molar-refractivity contribution in [1.82, 2.24) is 0 Å². The van der Waals surface area contributed by atoms with E-state index in [2.05, 4.69) is 253 Å². The lowest BCUT2D eigenvalue weighted by molar-refractivity contribution is 0.326. The summed E-state index contributed by atoms with van der Waals surface area (Å²) in [7, 11) is 0. The summed E-state index contributed by atoms with van der Waals surface area (Å²) in [5, 5.41) is 29.0. The Morgan fingerprint density at radius 1 is 0.242 bits per heavy atom. The van der Waals surface area contributed by atoms with E-state index in [4.69, 9.17) is 0 Å². The third-order valence-electron chi connectivity index (χ3n) is 12.9. The van der Waals surface area contributed by atoms with Crippen LogP contribution >= 0.6 is 0 Å². The second kappa shape index (κ2) is 16.1. The SMILES string of the molecule is CC(C)(C)c1cc(C(c2ccccc2)(c2ccccc2)c2ccc(C(c3ccccc3)(c3ccccc3)c3cc(C(C)(C)C)c([O])c(C(C)(C)C)c3)cc2)cc(C(C)(C)C)c1[O]. The molecule has 2 radical (unpaired) electrons. The Bertz CT molecular complexity index is 2290. The van der Waals surface area contributed by atoms with Gasteiger partial charge < -0.3 is 0 Å². The van der Waals surface area contributed by atoms with Crippen molar-refractivity contribution >= 4 is 0 Å². The van der Waals surface area contributed by atoms with E-state index >= 15 is 0 Å². The molecule has 316 valence electrons. The van der Waals surface area contributed by atoms with Crippen LogP contribution in [0, 0.1) is 0 Å². The van der Waals surface area contributed by atoms with Gasteiger partial charge in [0, 0.05) is 22.3 Å². The van der Waals surface area contributed by atoms with Gasteiger partial charge >= 0.3 is 0 Å². The standard InChI is InChI=1S/C60H64O2/c1-55(2,3)49-37-47(38-50(53(49)61)56(4,5)6)59(41-25-17-13-18-26-41,42-27-19-14-20-28-42)45-33-35-46(36-34-45)60(43-29-21-15-22-30-43,44-31-23-16-24-32-44)48-39-51(57(7,8)9)54(62)52(40-48)58(10,11)12/h13-40H,1-12H3. The van der Waals surface area contributed by atoms with Crippen LogP contribution in [0.5, 0.6) is 11.5 Å². The monoisotopic (exact) mass is 816 g/mol. The van der Waals surface area contributed by atoms with Crippen LogP contribution in [0.2, 0.25) is 0 Å². The van der Waals surface area contributed by atoms with Gasteiger partial charge in [0.2, 0.25) is 0 Å². The Hall–Kier alpha value is -5.86. The topological polar surface area (TPSA) is 39.8 Å². The molecule has 2 heteroatoms. The summed E-state index contributed by atoms with van der Waals surface area (Å²) in [6, 6.07) is 61.1. The molecule has 2 nitrogen and oxygen atoms in total. The lowest BCUT2D eigenvalue weighted by Crippen LogP contribution is -2.34. The lowest BCUT2D eigenvalue weighted by atomic mass is 9.61. The van der Waals surface area contributed by atoms with Crippen LogP contribution in [0.1, 0.15) is 150 Å². The fourth-order valence-corrected chi connectivity index (χ4v) is 9.64. The van der Waals surface area contributed by atoms with Crippen LogP contribution in [0.4, 0.5) is 0 Å². The highest BCUT2D eigenvalue weighted by molar-refractivity contribution is 5.67. The zero-order valence-corrected chi connectivity index (χ0v) is 39.0. The lowest BCUT2D eigenvalue weighted by Gasteiger charge is -2.41. The maximum absolute atomic E-state index is 14.5. The van der Waals surface area contributed by atoms with Gasteiger partial charge in [0.15, 0.2) is 11.5 Å². The first-order chi connectivity index (χ1) is 29.1. The maximum Gasteiger partial charge on any atom is 0.186 e. The molecule has 0 fully saturated rings. The Labute approximate surface area is 372 Å². The Morgan fingerprint density at radius 2 is 0.419 bits per heavy atom. The van der Waals surface area contributed by atoms with Gasteiger partial charge in [-0.3, -0.25) is 10.2 Å². The molecular formula is C60H64O2. The summed E-state index contributed by atoms with van der Waals surface area (Å²) in [6.45, 7) is 25.7. The van der Waals surface area contributed by atoms with Gasteiger partial charge in [0.05, 0.1) is 10.8 Å². The predicted molar refractivity (Wildman–Crippen MR) is 258 cm³/mol. The van der Waals surface area contributed by atoms with Crippen molar-refractivity contribution in [2.75, 3.05) is 0 Å². The first kappa shape index (κ1) is 44.2. The van der Waals surface area contributed by atoms with E-state index in [0.29, 0.717) is 0 Å². The van der Waals surface area contributed by atoms with Crippen LogP contribution in [0.3, 0.4) is 0 Å².